The summed E-state index contributed by atoms with van der Waals surface area (Å²) in [5, 5.41) is 2.40. The van der Waals surface area contributed by atoms with Crippen molar-refractivity contribution < 1.29 is 4.74 Å². The van der Waals surface area contributed by atoms with Crippen LogP contribution in [-0.4, -0.2) is 0 Å². The molecule has 0 atom stereocenters. The Morgan fingerprint density at radius 3 is 1.30 bits per heavy atom. The minimum Gasteiger partial charge on any atom is -0.457 e. The van der Waals surface area contributed by atoms with Crippen molar-refractivity contribution >= 4 is 39.6 Å². The second-order valence-electron chi connectivity index (χ2n) is 18.7. The molecule has 0 aromatic heterocycles. The third kappa shape index (κ3) is 5.28. The van der Waals surface area contributed by atoms with Crippen LogP contribution in [0.25, 0.3) is 44.2 Å². The number of nitrogens with zero attached hydrogens (tertiary/aromatic N) is 1. The van der Waals surface area contributed by atoms with E-state index < -0.39 is 10.8 Å². The van der Waals surface area contributed by atoms with Crippen LogP contribution in [0, 0.1) is 0 Å². The molecule has 2 heterocycles. The number of anilines is 3. The lowest BCUT2D eigenvalue weighted by Gasteiger charge is -2.39. The highest BCUT2D eigenvalue weighted by molar-refractivity contribution is 7.99. The monoisotopic (exact) mass is 895 g/mol. The van der Waals surface area contributed by atoms with Gasteiger partial charge in [-0.15, -0.1) is 0 Å². The van der Waals surface area contributed by atoms with Crippen LogP contribution in [-0.2, 0) is 10.8 Å². The summed E-state index contributed by atoms with van der Waals surface area (Å²) < 4.78 is 6.67. The molecule has 11 aromatic carbocycles. The van der Waals surface area contributed by atoms with E-state index in [0.717, 1.165) is 28.6 Å². The quantitative estimate of drug-likeness (QED) is 0.175. The first kappa shape index (κ1) is 38.7. The molecule has 2 spiro atoms. The molecule has 0 radical (unpaired) electrons. The highest BCUT2D eigenvalue weighted by Crippen LogP contribution is 2.64. The van der Waals surface area contributed by atoms with Gasteiger partial charge in [-0.05, 0) is 144 Å². The van der Waals surface area contributed by atoms with Gasteiger partial charge < -0.3 is 9.64 Å². The molecule has 3 heteroatoms. The van der Waals surface area contributed by atoms with E-state index >= 15 is 0 Å². The maximum Gasteiger partial charge on any atom is 0.132 e. The molecule has 0 bridgehead atoms. The second kappa shape index (κ2) is 14.6. The van der Waals surface area contributed by atoms with Gasteiger partial charge in [0.15, 0.2) is 0 Å². The maximum absolute atomic E-state index is 6.67. The fourth-order valence-electron chi connectivity index (χ4n) is 12.6. The third-order valence-corrected chi connectivity index (χ3v) is 16.5. The van der Waals surface area contributed by atoms with E-state index in [2.05, 4.69) is 254 Å². The first-order valence-corrected chi connectivity index (χ1v) is 24.6. The zero-order valence-electron chi connectivity index (χ0n) is 37.4. The lowest BCUT2D eigenvalue weighted by atomic mass is 9.66. The van der Waals surface area contributed by atoms with Crippen LogP contribution in [0.3, 0.4) is 0 Å². The van der Waals surface area contributed by atoms with E-state index in [9.17, 15) is 0 Å². The van der Waals surface area contributed by atoms with Crippen molar-refractivity contribution in [1.29, 1.82) is 0 Å². The van der Waals surface area contributed by atoms with Crippen LogP contribution in [0.1, 0.15) is 44.5 Å². The average molecular weight is 896 g/mol. The van der Waals surface area contributed by atoms with Crippen molar-refractivity contribution in [1.82, 2.24) is 0 Å². The van der Waals surface area contributed by atoms with Crippen LogP contribution in [0.4, 0.5) is 17.1 Å². The van der Waals surface area contributed by atoms with E-state index in [1.54, 1.807) is 0 Å². The van der Waals surface area contributed by atoms with E-state index in [1.165, 1.54) is 98.5 Å². The van der Waals surface area contributed by atoms with E-state index in [0.29, 0.717) is 0 Å². The average Bonchev–Trinajstić information content (AvgIpc) is 3.86. The van der Waals surface area contributed by atoms with Gasteiger partial charge in [0.2, 0.25) is 0 Å². The molecule has 0 fully saturated rings. The van der Waals surface area contributed by atoms with Crippen molar-refractivity contribution in [2.75, 3.05) is 4.90 Å². The largest absolute Gasteiger partial charge is 0.457 e. The van der Waals surface area contributed by atoms with Crippen molar-refractivity contribution in [3.8, 4) is 44.9 Å². The van der Waals surface area contributed by atoms with Crippen molar-refractivity contribution in [3.05, 3.63) is 293 Å². The highest BCUT2D eigenvalue weighted by atomic mass is 32.2. The molecule has 15 rings (SSSR count). The van der Waals surface area contributed by atoms with Gasteiger partial charge in [0.1, 0.15) is 11.5 Å². The Morgan fingerprint density at radius 1 is 0.290 bits per heavy atom. The van der Waals surface area contributed by atoms with E-state index in [-0.39, 0.29) is 0 Å². The normalized spacial score (nSPS) is 14.4. The van der Waals surface area contributed by atoms with E-state index in [4.69, 9.17) is 4.74 Å². The lowest BCUT2D eigenvalue weighted by Crippen LogP contribution is -2.32. The number of hydrogen-bond acceptors (Lipinski definition) is 3. The van der Waals surface area contributed by atoms with Gasteiger partial charge in [0.05, 0.1) is 10.8 Å². The predicted octanol–water partition coefficient (Wildman–Crippen LogP) is 17.3. The molecule has 69 heavy (non-hydrogen) atoms. The first-order valence-electron chi connectivity index (χ1n) is 23.8. The van der Waals surface area contributed by atoms with Crippen LogP contribution < -0.4 is 9.64 Å². The molecule has 2 nitrogen and oxygen atoms in total. The molecule has 11 aromatic rings. The Morgan fingerprint density at radius 2 is 0.710 bits per heavy atom. The summed E-state index contributed by atoms with van der Waals surface area (Å²) in [7, 11) is 0. The predicted molar refractivity (Wildman–Crippen MR) is 283 cm³/mol. The summed E-state index contributed by atoms with van der Waals surface area (Å²) in [5.74, 6) is 1.79. The van der Waals surface area contributed by atoms with Gasteiger partial charge in [-0.1, -0.05) is 194 Å². The van der Waals surface area contributed by atoms with Crippen LogP contribution in [0.15, 0.2) is 259 Å². The highest BCUT2D eigenvalue weighted by Gasteiger charge is 2.52. The molecule has 2 aliphatic heterocycles. The fraction of sp³-hybridized carbons (Fsp3) is 0.0303. The molecule has 0 saturated carbocycles. The van der Waals surface area contributed by atoms with Crippen molar-refractivity contribution in [3.63, 3.8) is 0 Å². The molecule has 0 unspecified atom stereocenters. The third-order valence-electron chi connectivity index (χ3n) is 15.4. The Balaban J connectivity index is 0.970. The van der Waals surface area contributed by atoms with Crippen LogP contribution >= 0.6 is 11.8 Å². The Labute approximate surface area is 405 Å². The molecule has 322 valence electrons. The van der Waals surface area contributed by atoms with Crippen molar-refractivity contribution in [2.45, 2.75) is 20.6 Å². The Hall–Kier alpha value is -8.37. The number of para-hydroxylation sites is 2. The first-order chi connectivity index (χ1) is 34.2. The molecular weight excluding hydrogens is 855 g/mol. The molecule has 4 aliphatic rings. The number of rotatable bonds is 4. The van der Waals surface area contributed by atoms with E-state index in [1.807, 2.05) is 11.8 Å². The van der Waals surface area contributed by atoms with Gasteiger partial charge in [0, 0.05) is 38.0 Å². The molecular formula is C66H41NOS. The fourth-order valence-corrected chi connectivity index (χ4v) is 13.8. The number of fused-ring (bicyclic) bond motifs is 19. The molecule has 0 N–H and O–H groups in total. The summed E-state index contributed by atoms with van der Waals surface area (Å²) >= 11 is 1.89. The zero-order chi connectivity index (χ0) is 45.3. The summed E-state index contributed by atoms with van der Waals surface area (Å²) in [6.07, 6.45) is 0. The number of ether oxygens (including phenoxy) is 1. The molecule has 0 amide bonds. The SMILES string of the molecule is c1ccc(-c2ccc3cc(N(c4ccc5c(c4)-c4ccccc4C54c5ccccc5Oc5ccccc54)c4ccc5c(c4)-c4ccccc4C54c5ccccc5Sc5ccccc54)ccc3c2)cc1. The van der Waals surface area contributed by atoms with Crippen LogP contribution in [0.5, 0.6) is 11.5 Å². The topological polar surface area (TPSA) is 12.5 Å². The Kier molecular flexibility index (Phi) is 8.17. The lowest BCUT2D eigenvalue weighted by molar-refractivity contribution is 0.436. The summed E-state index contributed by atoms with van der Waals surface area (Å²) in [4.78, 5) is 5.10. The smallest absolute Gasteiger partial charge is 0.132 e. The van der Waals surface area contributed by atoms with Crippen LogP contribution in [0.2, 0.25) is 0 Å². The van der Waals surface area contributed by atoms with Crippen molar-refractivity contribution in [2.24, 2.45) is 0 Å². The van der Waals surface area contributed by atoms with Gasteiger partial charge in [0.25, 0.3) is 0 Å². The standard InChI is InChI=1S/C66H41NOS/c1-2-16-42(17-3-1)43-30-31-45-39-46(33-32-44(45)38-43)67(47-34-36-55-51(40-47)49-18-4-6-20-53(49)65(55)57-22-8-12-26-61(57)68-62-27-13-9-23-58(62)65)48-35-37-56-52(41-48)50-19-5-7-21-54(50)66(56)59-24-10-14-28-63(59)69-64-29-15-11-25-60(64)66/h1-41H. The van der Waals surface area contributed by atoms with Gasteiger partial charge >= 0.3 is 0 Å². The minimum atomic E-state index is -0.545. The zero-order valence-corrected chi connectivity index (χ0v) is 38.3. The maximum atomic E-state index is 6.67. The van der Waals surface area contributed by atoms with Gasteiger partial charge in [-0.25, -0.2) is 0 Å². The molecule has 2 aliphatic carbocycles. The van der Waals surface area contributed by atoms with Gasteiger partial charge in [-0.2, -0.15) is 0 Å². The Bertz CT molecular complexity index is 3660. The van der Waals surface area contributed by atoms with Gasteiger partial charge in [-0.3, -0.25) is 0 Å². The summed E-state index contributed by atoms with van der Waals surface area (Å²) in [6.45, 7) is 0. The number of benzene rings is 11. The summed E-state index contributed by atoms with van der Waals surface area (Å²) in [5.41, 5.74) is 20.0. The number of hydrogen-bond donors (Lipinski definition) is 0. The molecule has 0 saturated heterocycles. The summed E-state index contributed by atoms with van der Waals surface area (Å²) in [6, 6.07) is 92.4. The minimum absolute atomic E-state index is 0.449. The second-order valence-corrected chi connectivity index (χ2v) is 19.8.